The molecule has 0 spiro atoms. The van der Waals surface area contributed by atoms with Crippen LogP contribution in [0.2, 0.25) is 0 Å². The molecule has 0 unspecified atom stereocenters. The Bertz CT molecular complexity index is 1030. The third-order valence-electron chi connectivity index (χ3n) is 4.48. The molecular weight excluding hydrogens is 410 g/mol. The second kappa shape index (κ2) is 9.43. The first-order valence-electron chi connectivity index (χ1n) is 9.55. The van der Waals surface area contributed by atoms with E-state index in [2.05, 4.69) is 10.4 Å². The molecule has 0 bridgehead atoms. The SMILES string of the molecule is COc1cc(N2CCOCC2)c([N+](=O)[O-])cc1Nn1cncc(C(=O)OC(C)C)c1=O. The summed E-state index contributed by atoms with van der Waals surface area (Å²) in [6, 6.07) is 2.80. The summed E-state index contributed by atoms with van der Waals surface area (Å²) in [6.07, 6.45) is 1.84. The predicted molar refractivity (Wildman–Crippen MR) is 111 cm³/mol. The van der Waals surface area contributed by atoms with Crippen molar-refractivity contribution >= 4 is 23.0 Å². The van der Waals surface area contributed by atoms with Crippen molar-refractivity contribution in [3.05, 3.63) is 50.7 Å². The van der Waals surface area contributed by atoms with Gasteiger partial charge in [-0.2, -0.15) is 0 Å². The van der Waals surface area contributed by atoms with Crippen LogP contribution in [0.25, 0.3) is 0 Å². The maximum atomic E-state index is 12.7. The van der Waals surface area contributed by atoms with Crippen molar-refractivity contribution in [1.82, 2.24) is 9.66 Å². The Morgan fingerprint density at radius 2 is 2.03 bits per heavy atom. The summed E-state index contributed by atoms with van der Waals surface area (Å²) in [5.74, 6) is -0.543. The number of nitrogens with zero attached hydrogens (tertiary/aromatic N) is 4. The van der Waals surface area contributed by atoms with E-state index < -0.39 is 22.6 Å². The Kier molecular flexibility index (Phi) is 6.70. The normalized spacial score (nSPS) is 13.7. The molecule has 0 atom stereocenters. The fourth-order valence-corrected chi connectivity index (χ4v) is 3.06. The average molecular weight is 433 g/mol. The molecule has 1 N–H and O–H groups in total. The van der Waals surface area contributed by atoms with Crippen molar-refractivity contribution in [2.45, 2.75) is 20.0 Å². The van der Waals surface area contributed by atoms with Gasteiger partial charge in [0.1, 0.15) is 29.0 Å². The molecule has 1 aromatic heterocycles. The number of nitro groups is 1. The van der Waals surface area contributed by atoms with Crippen molar-refractivity contribution in [3.63, 3.8) is 0 Å². The molecule has 1 fully saturated rings. The first-order chi connectivity index (χ1) is 14.8. The molecule has 1 aliphatic rings. The molecule has 2 heterocycles. The second-order valence-electron chi connectivity index (χ2n) is 6.95. The summed E-state index contributed by atoms with van der Waals surface area (Å²) in [5, 5.41) is 11.7. The molecule has 166 valence electrons. The van der Waals surface area contributed by atoms with E-state index in [1.807, 2.05) is 4.90 Å². The van der Waals surface area contributed by atoms with Crippen LogP contribution < -0.4 is 20.6 Å². The topological polar surface area (TPSA) is 138 Å². The fraction of sp³-hybridized carbons (Fsp3) is 0.421. The standard InChI is InChI=1S/C19H23N5O7/c1-12(2)31-19(26)13-10-20-11-23(18(13)25)21-14-8-16(24(27)28)15(9-17(14)29-3)22-4-6-30-7-5-22/h8-12,21H,4-7H2,1-3H3. The Hall–Kier alpha value is -3.67. The molecule has 31 heavy (non-hydrogen) atoms. The Balaban J connectivity index is 2.00. The van der Waals surface area contributed by atoms with Crippen molar-refractivity contribution in [1.29, 1.82) is 0 Å². The van der Waals surface area contributed by atoms with Gasteiger partial charge in [-0.15, -0.1) is 0 Å². The highest BCUT2D eigenvalue weighted by Gasteiger charge is 2.25. The van der Waals surface area contributed by atoms with Gasteiger partial charge in [-0.25, -0.2) is 14.5 Å². The van der Waals surface area contributed by atoms with Crippen LogP contribution in [0.15, 0.2) is 29.5 Å². The number of nitrogens with one attached hydrogen (secondary N) is 1. The van der Waals surface area contributed by atoms with Gasteiger partial charge in [0.05, 0.1) is 31.4 Å². The summed E-state index contributed by atoms with van der Waals surface area (Å²) >= 11 is 0. The number of nitro benzene ring substituents is 1. The van der Waals surface area contributed by atoms with Gasteiger partial charge in [0, 0.05) is 31.4 Å². The minimum absolute atomic E-state index is 0.157. The molecule has 0 aliphatic carbocycles. The van der Waals surface area contributed by atoms with Gasteiger partial charge in [-0.1, -0.05) is 0 Å². The van der Waals surface area contributed by atoms with Gasteiger partial charge in [0.25, 0.3) is 11.2 Å². The summed E-state index contributed by atoms with van der Waals surface area (Å²) in [7, 11) is 1.41. The molecule has 0 amide bonds. The number of aromatic nitrogens is 2. The van der Waals surface area contributed by atoms with Crippen molar-refractivity contribution in [2.24, 2.45) is 0 Å². The van der Waals surface area contributed by atoms with Crippen LogP contribution in [-0.4, -0.2) is 60.1 Å². The van der Waals surface area contributed by atoms with E-state index in [4.69, 9.17) is 14.2 Å². The third kappa shape index (κ3) is 4.91. The van der Waals surface area contributed by atoms with Crippen LogP contribution in [0.4, 0.5) is 17.1 Å². The van der Waals surface area contributed by atoms with Gasteiger partial charge in [0.15, 0.2) is 0 Å². The molecule has 1 saturated heterocycles. The molecule has 0 saturated carbocycles. The van der Waals surface area contributed by atoms with Crippen LogP contribution in [0.3, 0.4) is 0 Å². The third-order valence-corrected chi connectivity index (χ3v) is 4.48. The smallest absolute Gasteiger partial charge is 0.345 e. The number of anilines is 2. The Morgan fingerprint density at radius 1 is 1.32 bits per heavy atom. The molecule has 12 heteroatoms. The summed E-state index contributed by atoms with van der Waals surface area (Å²) in [4.78, 5) is 41.8. The summed E-state index contributed by atoms with van der Waals surface area (Å²) in [5.41, 5.74) is 2.11. The largest absolute Gasteiger partial charge is 0.494 e. The number of hydrogen-bond acceptors (Lipinski definition) is 10. The maximum absolute atomic E-state index is 12.7. The number of esters is 1. The lowest BCUT2D eigenvalue weighted by atomic mass is 10.2. The quantitative estimate of drug-likeness (QED) is 0.388. The molecule has 3 rings (SSSR count). The van der Waals surface area contributed by atoms with E-state index in [-0.39, 0.29) is 22.7 Å². The highest BCUT2D eigenvalue weighted by atomic mass is 16.6. The summed E-state index contributed by atoms with van der Waals surface area (Å²) < 4.78 is 16.7. The number of methoxy groups -OCH3 is 1. The van der Waals surface area contributed by atoms with Gasteiger partial charge >= 0.3 is 5.97 Å². The van der Waals surface area contributed by atoms with E-state index in [0.717, 1.165) is 17.2 Å². The lowest BCUT2D eigenvalue weighted by Crippen LogP contribution is -2.36. The highest BCUT2D eigenvalue weighted by molar-refractivity contribution is 5.88. The number of morpholine rings is 1. The zero-order valence-corrected chi connectivity index (χ0v) is 17.4. The first kappa shape index (κ1) is 22.0. The molecule has 1 aromatic carbocycles. The van der Waals surface area contributed by atoms with E-state index >= 15 is 0 Å². The van der Waals surface area contributed by atoms with Crippen molar-refractivity contribution in [3.8, 4) is 5.75 Å². The van der Waals surface area contributed by atoms with E-state index in [1.165, 1.54) is 19.2 Å². The number of carbonyl (C=O) groups excluding carboxylic acids is 1. The second-order valence-corrected chi connectivity index (χ2v) is 6.95. The van der Waals surface area contributed by atoms with Crippen LogP contribution >= 0.6 is 0 Å². The lowest BCUT2D eigenvalue weighted by molar-refractivity contribution is -0.384. The predicted octanol–water partition coefficient (Wildman–Crippen LogP) is 1.44. The number of hydrogen-bond donors (Lipinski definition) is 1. The minimum Gasteiger partial charge on any atom is -0.494 e. The monoisotopic (exact) mass is 433 g/mol. The zero-order valence-electron chi connectivity index (χ0n) is 17.4. The Morgan fingerprint density at radius 3 is 2.65 bits per heavy atom. The fourth-order valence-electron chi connectivity index (χ4n) is 3.06. The molecule has 0 radical (unpaired) electrons. The van der Waals surface area contributed by atoms with Gasteiger partial charge in [-0.05, 0) is 13.8 Å². The minimum atomic E-state index is -0.815. The lowest BCUT2D eigenvalue weighted by Gasteiger charge is -2.29. The maximum Gasteiger partial charge on any atom is 0.345 e. The molecule has 1 aliphatic heterocycles. The van der Waals surface area contributed by atoms with E-state index in [0.29, 0.717) is 32.0 Å². The zero-order chi connectivity index (χ0) is 22.5. The van der Waals surface area contributed by atoms with Crippen molar-refractivity contribution in [2.75, 3.05) is 43.7 Å². The summed E-state index contributed by atoms with van der Waals surface area (Å²) in [6.45, 7) is 5.23. The number of benzene rings is 1. The van der Waals surface area contributed by atoms with Gasteiger partial charge in [-0.3, -0.25) is 20.3 Å². The first-order valence-corrected chi connectivity index (χ1v) is 9.55. The van der Waals surface area contributed by atoms with E-state index in [1.54, 1.807) is 13.8 Å². The van der Waals surface area contributed by atoms with Crippen LogP contribution in [0.5, 0.6) is 5.75 Å². The van der Waals surface area contributed by atoms with Crippen LogP contribution in [-0.2, 0) is 9.47 Å². The number of ether oxygens (including phenoxy) is 3. The van der Waals surface area contributed by atoms with E-state index in [9.17, 15) is 19.7 Å². The van der Waals surface area contributed by atoms with Gasteiger partial charge in [0.2, 0.25) is 0 Å². The molecular formula is C19H23N5O7. The highest BCUT2D eigenvalue weighted by Crippen LogP contribution is 2.38. The Labute approximate surface area is 177 Å². The van der Waals surface area contributed by atoms with Crippen LogP contribution in [0.1, 0.15) is 24.2 Å². The average Bonchev–Trinajstić information content (AvgIpc) is 2.74. The molecule has 12 nitrogen and oxygen atoms in total. The molecule has 2 aromatic rings. The van der Waals surface area contributed by atoms with Crippen LogP contribution in [0, 0.1) is 10.1 Å². The van der Waals surface area contributed by atoms with Gasteiger partial charge < -0.3 is 19.1 Å². The number of carbonyl (C=O) groups is 1. The van der Waals surface area contributed by atoms with Crippen molar-refractivity contribution < 1.29 is 23.9 Å². The number of rotatable bonds is 7.